The highest BCUT2D eigenvalue weighted by atomic mass is 19.4. The van der Waals surface area contributed by atoms with Crippen LogP contribution in [0.1, 0.15) is 58.3 Å². The summed E-state index contributed by atoms with van der Waals surface area (Å²) in [6.45, 7) is 0.605. The van der Waals surface area contributed by atoms with Crippen molar-refractivity contribution in [3.05, 3.63) is 118 Å². The molecule has 0 unspecified atom stereocenters. The predicted octanol–water partition coefficient (Wildman–Crippen LogP) is 7.43. The van der Waals surface area contributed by atoms with Crippen LogP contribution in [-0.2, 0) is 30.4 Å². The molecule has 1 atom stereocenters. The Labute approximate surface area is 254 Å². The lowest BCUT2D eigenvalue weighted by Gasteiger charge is -2.33. The van der Waals surface area contributed by atoms with Crippen LogP contribution in [0.4, 0.5) is 13.2 Å². The standard InChI is InChI=1S/C35H31F3N4O2/c36-35(37,38)31-20-28(23-42-18-5-4-10-33(42)34(43)44)26(12-11-24-7-6-16-40-22-24)19-27(31)13-14-32-30(21-39)29(15-17-41-32)25-8-2-1-3-9-25/h1-3,6-9,13-17,19-20,22,33H,4-5,10-12,18,23H2,(H,43,44)/b14-13+/t33-/m0/s1. The lowest BCUT2D eigenvalue weighted by molar-refractivity contribution is -0.145. The number of hydrogen-bond acceptors (Lipinski definition) is 5. The number of alkyl halides is 3. The number of pyridine rings is 2. The van der Waals surface area contributed by atoms with Gasteiger partial charge in [0.2, 0.25) is 0 Å². The third-order valence-electron chi connectivity index (χ3n) is 7.95. The van der Waals surface area contributed by atoms with Crippen molar-refractivity contribution in [2.75, 3.05) is 6.54 Å². The molecule has 1 N–H and O–H groups in total. The molecule has 0 radical (unpaired) electrons. The van der Waals surface area contributed by atoms with E-state index < -0.39 is 23.8 Å². The summed E-state index contributed by atoms with van der Waals surface area (Å²) in [5.41, 5.74) is 3.19. The highest BCUT2D eigenvalue weighted by molar-refractivity contribution is 5.79. The molecule has 0 spiro atoms. The van der Waals surface area contributed by atoms with Crippen LogP contribution >= 0.6 is 0 Å². The monoisotopic (exact) mass is 596 g/mol. The number of aromatic nitrogens is 2. The molecule has 2 aromatic heterocycles. The predicted molar refractivity (Wildman–Crippen MR) is 162 cm³/mol. The van der Waals surface area contributed by atoms with Crippen molar-refractivity contribution < 1.29 is 23.1 Å². The van der Waals surface area contributed by atoms with E-state index in [1.165, 1.54) is 24.4 Å². The van der Waals surface area contributed by atoms with Crippen molar-refractivity contribution in [1.29, 1.82) is 5.26 Å². The number of carboxylic acid groups (broad SMARTS) is 1. The van der Waals surface area contributed by atoms with Crippen molar-refractivity contribution >= 4 is 18.1 Å². The number of aliphatic carboxylic acids is 1. The minimum Gasteiger partial charge on any atom is -0.480 e. The molecule has 0 saturated carbocycles. The Hall–Kier alpha value is -4.81. The van der Waals surface area contributed by atoms with E-state index in [1.54, 1.807) is 23.4 Å². The highest BCUT2D eigenvalue weighted by Crippen LogP contribution is 2.36. The zero-order valence-corrected chi connectivity index (χ0v) is 24.0. The molecule has 3 heterocycles. The summed E-state index contributed by atoms with van der Waals surface area (Å²) in [6.07, 6.45) is 6.08. The summed E-state index contributed by atoms with van der Waals surface area (Å²) >= 11 is 0. The molecule has 0 bridgehead atoms. The minimum absolute atomic E-state index is 0.0494. The first-order valence-electron chi connectivity index (χ1n) is 14.5. The number of rotatable bonds is 9. The van der Waals surface area contributed by atoms with Gasteiger partial charge in [-0.1, -0.05) is 55.0 Å². The van der Waals surface area contributed by atoms with Crippen molar-refractivity contribution in [3.8, 4) is 17.2 Å². The number of carboxylic acids is 1. The van der Waals surface area contributed by atoms with E-state index in [-0.39, 0.29) is 23.4 Å². The molecular formula is C35H31F3N4O2. The molecule has 6 nitrogen and oxygen atoms in total. The number of nitrogens with zero attached hydrogens (tertiary/aromatic N) is 4. The summed E-state index contributed by atoms with van der Waals surface area (Å²) in [5, 5.41) is 19.7. The van der Waals surface area contributed by atoms with Gasteiger partial charge in [-0.25, -0.2) is 0 Å². The van der Waals surface area contributed by atoms with E-state index in [4.69, 9.17) is 0 Å². The number of halogens is 3. The van der Waals surface area contributed by atoms with Gasteiger partial charge in [0.25, 0.3) is 0 Å². The van der Waals surface area contributed by atoms with Crippen molar-refractivity contribution in [1.82, 2.24) is 14.9 Å². The molecule has 44 heavy (non-hydrogen) atoms. The van der Waals surface area contributed by atoms with E-state index in [9.17, 15) is 28.3 Å². The Balaban J connectivity index is 1.57. The Morgan fingerprint density at radius 3 is 2.55 bits per heavy atom. The summed E-state index contributed by atoms with van der Waals surface area (Å²) in [5.74, 6) is -0.962. The molecule has 2 aromatic carbocycles. The van der Waals surface area contributed by atoms with Crippen molar-refractivity contribution in [2.45, 2.75) is 50.9 Å². The van der Waals surface area contributed by atoms with Crippen molar-refractivity contribution in [2.24, 2.45) is 0 Å². The van der Waals surface area contributed by atoms with Gasteiger partial charge in [0.05, 0.1) is 16.8 Å². The van der Waals surface area contributed by atoms with Gasteiger partial charge in [0, 0.05) is 30.7 Å². The van der Waals surface area contributed by atoms with Crippen LogP contribution in [0.3, 0.4) is 0 Å². The Morgan fingerprint density at radius 1 is 1.02 bits per heavy atom. The van der Waals surface area contributed by atoms with Gasteiger partial charge in [-0.3, -0.25) is 19.7 Å². The largest absolute Gasteiger partial charge is 0.480 e. The van der Waals surface area contributed by atoms with Gasteiger partial charge in [-0.05, 0) is 84.3 Å². The lowest BCUT2D eigenvalue weighted by atomic mass is 9.92. The smallest absolute Gasteiger partial charge is 0.416 e. The first-order chi connectivity index (χ1) is 21.2. The van der Waals surface area contributed by atoms with Crippen LogP contribution in [0, 0.1) is 11.3 Å². The van der Waals surface area contributed by atoms with Crippen LogP contribution in [0.15, 0.2) is 79.3 Å². The SMILES string of the molecule is N#Cc1c(-c2ccccc2)ccnc1/C=C/c1cc(CCc2cccnc2)c(CN2CCCC[C@H]2C(=O)O)cc1C(F)(F)F. The fourth-order valence-corrected chi connectivity index (χ4v) is 5.72. The number of carbonyl (C=O) groups is 1. The number of likely N-dealkylation sites (tertiary alicyclic amines) is 1. The lowest BCUT2D eigenvalue weighted by Crippen LogP contribution is -2.44. The maximum Gasteiger partial charge on any atom is 0.416 e. The van der Waals surface area contributed by atoms with E-state index in [0.29, 0.717) is 42.5 Å². The molecule has 0 amide bonds. The maximum atomic E-state index is 14.5. The summed E-state index contributed by atoms with van der Waals surface area (Å²) < 4.78 is 43.6. The Bertz CT molecular complexity index is 1680. The quantitative estimate of drug-likeness (QED) is 0.216. The van der Waals surface area contributed by atoms with Crippen molar-refractivity contribution in [3.63, 3.8) is 0 Å². The van der Waals surface area contributed by atoms with Crippen LogP contribution in [0.5, 0.6) is 0 Å². The summed E-state index contributed by atoms with van der Waals surface area (Å²) in [7, 11) is 0. The van der Waals surface area contributed by atoms with Crippen LogP contribution in [-0.4, -0.2) is 38.5 Å². The minimum atomic E-state index is -4.66. The molecule has 1 fully saturated rings. The van der Waals surface area contributed by atoms with Gasteiger partial charge in [0.15, 0.2) is 0 Å². The van der Waals surface area contributed by atoms with E-state index in [0.717, 1.165) is 30.0 Å². The van der Waals surface area contributed by atoms with Crippen LogP contribution in [0.25, 0.3) is 23.3 Å². The third-order valence-corrected chi connectivity index (χ3v) is 7.95. The Morgan fingerprint density at radius 2 is 1.84 bits per heavy atom. The molecule has 1 aliphatic heterocycles. The van der Waals surface area contributed by atoms with E-state index >= 15 is 0 Å². The van der Waals surface area contributed by atoms with Gasteiger partial charge in [-0.2, -0.15) is 18.4 Å². The Kier molecular flexibility index (Phi) is 9.51. The highest BCUT2D eigenvalue weighted by Gasteiger charge is 2.35. The molecule has 9 heteroatoms. The van der Waals surface area contributed by atoms with Crippen LogP contribution in [0.2, 0.25) is 0 Å². The zero-order valence-electron chi connectivity index (χ0n) is 24.0. The van der Waals surface area contributed by atoms with Gasteiger partial charge in [-0.15, -0.1) is 0 Å². The maximum absolute atomic E-state index is 14.5. The van der Waals surface area contributed by atoms with Gasteiger partial charge >= 0.3 is 12.1 Å². The number of benzene rings is 2. The fourth-order valence-electron chi connectivity index (χ4n) is 5.72. The molecular weight excluding hydrogens is 565 g/mol. The topological polar surface area (TPSA) is 90.1 Å². The normalized spacial score (nSPS) is 15.7. The number of nitriles is 1. The number of aryl methyl sites for hydroxylation is 2. The second-order valence-corrected chi connectivity index (χ2v) is 10.8. The molecule has 224 valence electrons. The fraction of sp³-hybridized carbons (Fsp3) is 0.257. The summed E-state index contributed by atoms with van der Waals surface area (Å²) in [4.78, 5) is 22.2. The first-order valence-corrected chi connectivity index (χ1v) is 14.5. The average Bonchev–Trinajstić information content (AvgIpc) is 3.03. The van der Waals surface area contributed by atoms with E-state index in [1.807, 2.05) is 42.5 Å². The van der Waals surface area contributed by atoms with Gasteiger partial charge in [0.1, 0.15) is 12.1 Å². The van der Waals surface area contributed by atoms with E-state index in [2.05, 4.69) is 16.0 Å². The zero-order chi connectivity index (χ0) is 31.1. The second kappa shape index (κ2) is 13.7. The second-order valence-electron chi connectivity index (χ2n) is 10.8. The van der Waals surface area contributed by atoms with Crippen LogP contribution < -0.4 is 0 Å². The average molecular weight is 597 g/mol. The molecule has 1 saturated heterocycles. The first kappa shape index (κ1) is 30.6. The molecule has 0 aliphatic carbocycles. The third kappa shape index (κ3) is 7.21. The summed E-state index contributed by atoms with van der Waals surface area (Å²) in [6, 6.07) is 18.8. The molecule has 5 rings (SSSR count). The van der Waals surface area contributed by atoms with Gasteiger partial charge < -0.3 is 5.11 Å². The molecule has 4 aromatic rings. The molecule has 1 aliphatic rings. The number of piperidine rings is 1. The number of hydrogen-bond donors (Lipinski definition) is 1.